The lowest BCUT2D eigenvalue weighted by Crippen LogP contribution is -2.10. The van der Waals surface area contributed by atoms with E-state index in [4.69, 9.17) is 4.74 Å². The van der Waals surface area contributed by atoms with Gasteiger partial charge >= 0.3 is 0 Å². The molecule has 0 aliphatic carbocycles. The first-order chi connectivity index (χ1) is 9.56. The summed E-state index contributed by atoms with van der Waals surface area (Å²) in [6.07, 6.45) is 0. The van der Waals surface area contributed by atoms with E-state index in [1.54, 1.807) is 19.1 Å². The van der Waals surface area contributed by atoms with Gasteiger partial charge in [-0.3, -0.25) is 0 Å². The minimum absolute atomic E-state index is 0.104. The van der Waals surface area contributed by atoms with Gasteiger partial charge in [-0.15, -0.1) is 0 Å². The van der Waals surface area contributed by atoms with Crippen LogP contribution in [0.1, 0.15) is 18.1 Å². The SMILES string of the molecule is CC1=C(c2cc(F)ccc2F)COc2ccc(O)cc21. The molecule has 0 amide bonds. The third kappa shape index (κ3) is 2.03. The largest absolute Gasteiger partial charge is 0.508 e. The molecule has 2 nitrogen and oxygen atoms in total. The van der Waals surface area contributed by atoms with E-state index in [9.17, 15) is 13.9 Å². The van der Waals surface area contributed by atoms with Crippen LogP contribution in [0.3, 0.4) is 0 Å². The molecule has 0 atom stereocenters. The molecule has 3 rings (SSSR count). The van der Waals surface area contributed by atoms with Gasteiger partial charge in [0.25, 0.3) is 0 Å². The molecule has 0 bridgehead atoms. The van der Waals surface area contributed by atoms with E-state index >= 15 is 0 Å². The fourth-order valence-corrected chi connectivity index (χ4v) is 2.37. The van der Waals surface area contributed by atoms with Crippen LogP contribution in [0.5, 0.6) is 11.5 Å². The van der Waals surface area contributed by atoms with E-state index in [-0.39, 0.29) is 17.9 Å². The second-order valence-corrected chi connectivity index (χ2v) is 4.70. The average Bonchev–Trinajstić information content (AvgIpc) is 2.43. The number of fused-ring (bicyclic) bond motifs is 1. The van der Waals surface area contributed by atoms with Crippen LogP contribution in [0.2, 0.25) is 0 Å². The highest BCUT2D eigenvalue weighted by molar-refractivity contribution is 5.94. The molecule has 0 spiro atoms. The Kier molecular flexibility index (Phi) is 2.93. The molecule has 2 aromatic carbocycles. The summed E-state index contributed by atoms with van der Waals surface area (Å²) >= 11 is 0. The zero-order valence-electron chi connectivity index (χ0n) is 10.8. The molecule has 1 N–H and O–H groups in total. The molecule has 0 radical (unpaired) electrons. The summed E-state index contributed by atoms with van der Waals surface area (Å²) in [4.78, 5) is 0. The topological polar surface area (TPSA) is 29.5 Å². The van der Waals surface area contributed by atoms with Crippen molar-refractivity contribution < 1.29 is 18.6 Å². The summed E-state index contributed by atoms with van der Waals surface area (Å²) in [6, 6.07) is 8.08. The van der Waals surface area contributed by atoms with Gasteiger partial charge in [-0.25, -0.2) is 8.78 Å². The van der Waals surface area contributed by atoms with Gasteiger partial charge in [-0.1, -0.05) is 0 Å². The fraction of sp³-hybridized carbons (Fsp3) is 0.125. The fourth-order valence-electron chi connectivity index (χ4n) is 2.37. The number of aromatic hydroxyl groups is 1. The smallest absolute Gasteiger partial charge is 0.131 e. The molecule has 0 saturated heterocycles. The van der Waals surface area contributed by atoms with Crippen LogP contribution in [0.25, 0.3) is 11.1 Å². The maximum atomic E-state index is 13.9. The van der Waals surface area contributed by atoms with Crippen molar-refractivity contribution in [3.05, 3.63) is 59.2 Å². The number of hydrogen-bond acceptors (Lipinski definition) is 2. The van der Waals surface area contributed by atoms with Gasteiger partial charge in [0.1, 0.15) is 29.7 Å². The lowest BCUT2D eigenvalue weighted by atomic mass is 9.93. The van der Waals surface area contributed by atoms with E-state index in [1.807, 2.05) is 0 Å². The Morgan fingerprint density at radius 1 is 1.05 bits per heavy atom. The lowest BCUT2D eigenvalue weighted by Gasteiger charge is -2.23. The van der Waals surface area contributed by atoms with Crippen LogP contribution in [0.4, 0.5) is 8.78 Å². The van der Waals surface area contributed by atoms with E-state index in [0.29, 0.717) is 16.9 Å². The maximum absolute atomic E-state index is 13.9. The molecule has 0 unspecified atom stereocenters. The van der Waals surface area contributed by atoms with Gasteiger partial charge in [0.15, 0.2) is 0 Å². The Hall–Kier alpha value is -2.36. The van der Waals surface area contributed by atoms with E-state index in [2.05, 4.69) is 0 Å². The number of hydrogen-bond donors (Lipinski definition) is 1. The number of halogens is 2. The molecule has 0 fully saturated rings. The molecule has 0 aromatic heterocycles. The Morgan fingerprint density at radius 3 is 2.65 bits per heavy atom. The van der Waals surface area contributed by atoms with Crippen molar-refractivity contribution in [2.24, 2.45) is 0 Å². The Bertz CT molecular complexity index is 720. The predicted molar refractivity (Wildman–Crippen MR) is 72.4 cm³/mol. The molecule has 1 aliphatic heterocycles. The van der Waals surface area contributed by atoms with E-state index < -0.39 is 11.6 Å². The molecule has 1 heterocycles. The second-order valence-electron chi connectivity index (χ2n) is 4.70. The van der Waals surface area contributed by atoms with Crippen LogP contribution < -0.4 is 4.74 Å². The number of ether oxygens (including phenoxy) is 1. The number of allylic oxidation sites excluding steroid dienone is 1. The summed E-state index contributed by atoms with van der Waals surface area (Å²) in [6.45, 7) is 1.98. The molecule has 2 aromatic rings. The van der Waals surface area contributed by atoms with Gasteiger partial charge in [0.05, 0.1) is 0 Å². The summed E-state index contributed by atoms with van der Waals surface area (Å²) in [7, 11) is 0. The standard InChI is InChI=1S/C16H12F2O2/c1-9-12-7-11(19)3-5-16(12)20-8-14(9)13-6-10(17)2-4-15(13)18/h2-7,19H,8H2,1H3. The van der Waals surface area contributed by atoms with Crippen LogP contribution in [-0.2, 0) is 0 Å². The van der Waals surface area contributed by atoms with E-state index in [1.165, 1.54) is 6.07 Å². The van der Waals surface area contributed by atoms with Crippen molar-refractivity contribution in [2.75, 3.05) is 6.61 Å². The molecular formula is C16H12F2O2. The Balaban J connectivity index is 2.19. The highest BCUT2D eigenvalue weighted by Crippen LogP contribution is 2.39. The Morgan fingerprint density at radius 2 is 1.85 bits per heavy atom. The quantitative estimate of drug-likeness (QED) is 0.852. The van der Waals surface area contributed by atoms with Gasteiger partial charge < -0.3 is 9.84 Å². The first-order valence-electron chi connectivity index (χ1n) is 6.17. The second kappa shape index (κ2) is 4.63. The van der Waals surface area contributed by atoms with Crippen molar-refractivity contribution in [2.45, 2.75) is 6.92 Å². The first kappa shape index (κ1) is 12.7. The van der Waals surface area contributed by atoms with Crippen molar-refractivity contribution in [3.8, 4) is 11.5 Å². The van der Waals surface area contributed by atoms with Gasteiger partial charge in [-0.2, -0.15) is 0 Å². The monoisotopic (exact) mass is 274 g/mol. The molecular weight excluding hydrogens is 262 g/mol. The lowest BCUT2D eigenvalue weighted by molar-refractivity contribution is 0.362. The number of rotatable bonds is 1. The summed E-state index contributed by atoms with van der Waals surface area (Å²) < 4.78 is 32.7. The zero-order valence-corrected chi connectivity index (χ0v) is 10.8. The van der Waals surface area contributed by atoms with Crippen molar-refractivity contribution in [1.82, 2.24) is 0 Å². The minimum Gasteiger partial charge on any atom is -0.508 e. The Labute approximate surface area is 114 Å². The molecule has 4 heteroatoms. The third-order valence-corrected chi connectivity index (χ3v) is 3.45. The van der Waals surface area contributed by atoms with Crippen molar-refractivity contribution in [1.29, 1.82) is 0 Å². The van der Waals surface area contributed by atoms with Crippen LogP contribution >= 0.6 is 0 Å². The minimum atomic E-state index is -0.497. The molecule has 1 aliphatic rings. The highest BCUT2D eigenvalue weighted by atomic mass is 19.1. The number of phenols is 1. The average molecular weight is 274 g/mol. The predicted octanol–water partition coefficient (Wildman–Crippen LogP) is 3.99. The summed E-state index contributed by atoms with van der Waals surface area (Å²) in [5.74, 6) is -0.259. The van der Waals surface area contributed by atoms with Crippen LogP contribution in [0.15, 0.2) is 36.4 Å². The first-order valence-corrected chi connectivity index (χ1v) is 6.17. The molecule has 0 saturated carbocycles. The third-order valence-electron chi connectivity index (χ3n) is 3.45. The summed E-state index contributed by atoms with van der Waals surface area (Å²) in [5.41, 5.74) is 2.23. The molecule has 102 valence electrons. The van der Waals surface area contributed by atoms with Crippen LogP contribution in [-0.4, -0.2) is 11.7 Å². The number of benzene rings is 2. The highest BCUT2D eigenvalue weighted by Gasteiger charge is 2.21. The summed E-state index contributed by atoms with van der Waals surface area (Å²) in [5, 5.41) is 9.55. The van der Waals surface area contributed by atoms with Crippen molar-refractivity contribution in [3.63, 3.8) is 0 Å². The maximum Gasteiger partial charge on any atom is 0.131 e. The normalized spacial score (nSPS) is 13.9. The zero-order chi connectivity index (χ0) is 14.3. The van der Waals surface area contributed by atoms with Gasteiger partial charge in [0, 0.05) is 16.7 Å². The van der Waals surface area contributed by atoms with Crippen LogP contribution in [0, 0.1) is 11.6 Å². The van der Waals surface area contributed by atoms with Gasteiger partial charge in [0.2, 0.25) is 0 Å². The van der Waals surface area contributed by atoms with Gasteiger partial charge in [-0.05, 0) is 48.9 Å². The van der Waals surface area contributed by atoms with E-state index in [0.717, 1.165) is 23.8 Å². The van der Waals surface area contributed by atoms with Crippen molar-refractivity contribution >= 4 is 11.1 Å². The number of phenolic OH excluding ortho intramolecular Hbond substituents is 1. The molecule has 20 heavy (non-hydrogen) atoms.